The van der Waals surface area contributed by atoms with Gasteiger partial charge in [0.05, 0.1) is 0 Å². The van der Waals surface area contributed by atoms with E-state index in [1.165, 1.54) is 0 Å². The largest absolute Gasteiger partial charge is 0.489 e. The molecule has 3 heteroatoms. The molecule has 126 valence electrons. The number of carbonyl (C=O) groups is 1. The third-order valence-corrected chi connectivity index (χ3v) is 4.00. The zero-order valence-electron chi connectivity index (χ0n) is 13.9. The van der Waals surface area contributed by atoms with E-state index in [0.29, 0.717) is 13.0 Å². The van der Waals surface area contributed by atoms with E-state index in [4.69, 9.17) is 9.84 Å². The number of hydrogen-bond acceptors (Lipinski definition) is 2. The number of carboxylic acids is 1. The third kappa shape index (κ3) is 4.95. The minimum Gasteiger partial charge on any atom is -0.489 e. The molecular formula is C22H20O3. The van der Waals surface area contributed by atoms with Gasteiger partial charge in [-0.15, -0.1) is 0 Å². The molecule has 3 rings (SSSR count). The number of hydrogen-bond donors (Lipinski definition) is 1. The fourth-order valence-corrected chi connectivity index (χ4v) is 2.62. The van der Waals surface area contributed by atoms with Gasteiger partial charge in [0, 0.05) is 6.42 Å². The van der Waals surface area contributed by atoms with E-state index in [-0.39, 0.29) is 6.42 Å². The van der Waals surface area contributed by atoms with Gasteiger partial charge in [-0.1, -0.05) is 66.7 Å². The van der Waals surface area contributed by atoms with Crippen LogP contribution in [0.5, 0.6) is 5.75 Å². The summed E-state index contributed by atoms with van der Waals surface area (Å²) in [5.74, 6) is 0.0589. The van der Waals surface area contributed by atoms with Crippen molar-refractivity contribution in [1.82, 2.24) is 0 Å². The van der Waals surface area contributed by atoms with Crippen LogP contribution >= 0.6 is 0 Å². The van der Waals surface area contributed by atoms with Crippen molar-refractivity contribution >= 4 is 5.97 Å². The molecule has 0 aliphatic heterocycles. The summed E-state index contributed by atoms with van der Waals surface area (Å²) < 4.78 is 5.88. The van der Waals surface area contributed by atoms with Crippen LogP contribution in [-0.2, 0) is 17.8 Å². The second kappa shape index (κ2) is 8.15. The molecule has 0 unspecified atom stereocenters. The van der Waals surface area contributed by atoms with Crippen LogP contribution in [0.3, 0.4) is 0 Å². The van der Waals surface area contributed by atoms with E-state index in [1.807, 2.05) is 78.9 Å². The highest BCUT2D eigenvalue weighted by Gasteiger charge is 2.03. The molecule has 3 aromatic rings. The van der Waals surface area contributed by atoms with Crippen LogP contribution in [0.4, 0.5) is 0 Å². The molecule has 0 saturated carbocycles. The van der Waals surface area contributed by atoms with Crippen molar-refractivity contribution in [3.05, 3.63) is 90.0 Å². The first kappa shape index (κ1) is 16.8. The van der Waals surface area contributed by atoms with Gasteiger partial charge in [0.15, 0.2) is 0 Å². The molecule has 0 aromatic heterocycles. The maximum Gasteiger partial charge on any atom is 0.303 e. The molecule has 0 bridgehead atoms. The molecule has 0 amide bonds. The monoisotopic (exact) mass is 332 g/mol. The summed E-state index contributed by atoms with van der Waals surface area (Å²) >= 11 is 0. The van der Waals surface area contributed by atoms with Crippen molar-refractivity contribution in [2.45, 2.75) is 19.4 Å². The molecule has 0 spiro atoms. The SMILES string of the molecule is O=C(O)CCc1ccc(-c2cccc(OCc3ccccc3)c2)cc1. The van der Waals surface area contributed by atoms with E-state index < -0.39 is 5.97 Å². The van der Waals surface area contributed by atoms with Gasteiger partial charge >= 0.3 is 5.97 Å². The topological polar surface area (TPSA) is 46.5 Å². The Kier molecular flexibility index (Phi) is 5.47. The Bertz CT molecular complexity index is 823. The van der Waals surface area contributed by atoms with Gasteiger partial charge in [-0.3, -0.25) is 4.79 Å². The highest BCUT2D eigenvalue weighted by molar-refractivity contribution is 5.68. The summed E-state index contributed by atoms with van der Waals surface area (Å²) in [6, 6.07) is 26.1. The highest BCUT2D eigenvalue weighted by Crippen LogP contribution is 2.25. The molecule has 0 atom stereocenters. The highest BCUT2D eigenvalue weighted by atomic mass is 16.5. The third-order valence-electron chi connectivity index (χ3n) is 4.00. The number of aliphatic carboxylic acids is 1. The zero-order chi connectivity index (χ0) is 17.5. The summed E-state index contributed by atoms with van der Waals surface area (Å²) in [7, 11) is 0. The predicted octanol–water partition coefficient (Wildman–Crippen LogP) is 4.95. The number of ether oxygens (including phenoxy) is 1. The van der Waals surface area contributed by atoms with Gasteiger partial charge in [-0.05, 0) is 40.8 Å². The first-order valence-electron chi connectivity index (χ1n) is 8.28. The number of aryl methyl sites for hydroxylation is 1. The molecule has 0 radical (unpaired) electrons. The fourth-order valence-electron chi connectivity index (χ4n) is 2.62. The summed E-state index contributed by atoms with van der Waals surface area (Å²) in [5.41, 5.74) is 4.33. The molecule has 0 aliphatic rings. The van der Waals surface area contributed by atoms with Crippen molar-refractivity contribution in [2.75, 3.05) is 0 Å². The molecular weight excluding hydrogens is 312 g/mol. The van der Waals surface area contributed by atoms with Crippen molar-refractivity contribution in [3.8, 4) is 16.9 Å². The van der Waals surface area contributed by atoms with Gasteiger partial charge in [0.2, 0.25) is 0 Å². The normalized spacial score (nSPS) is 10.4. The second-order valence-electron chi connectivity index (χ2n) is 5.89. The average molecular weight is 332 g/mol. The second-order valence-corrected chi connectivity index (χ2v) is 5.89. The first-order valence-corrected chi connectivity index (χ1v) is 8.28. The minimum atomic E-state index is -0.771. The summed E-state index contributed by atoms with van der Waals surface area (Å²) in [4.78, 5) is 10.6. The Morgan fingerprint density at radius 1 is 0.800 bits per heavy atom. The quantitative estimate of drug-likeness (QED) is 0.666. The van der Waals surface area contributed by atoms with E-state index in [1.54, 1.807) is 0 Å². The first-order chi connectivity index (χ1) is 12.2. The maximum atomic E-state index is 10.6. The van der Waals surface area contributed by atoms with Gasteiger partial charge in [0.25, 0.3) is 0 Å². The number of rotatable bonds is 7. The Labute approximate surface area is 147 Å². The van der Waals surface area contributed by atoms with Crippen LogP contribution < -0.4 is 4.74 Å². The lowest BCUT2D eigenvalue weighted by atomic mass is 10.0. The Hall–Kier alpha value is -3.07. The van der Waals surface area contributed by atoms with E-state index in [9.17, 15) is 4.79 Å². The molecule has 25 heavy (non-hydrogen) atoms. The van der Waals surface area contributed by atoms with Crippen molar-refractivity contribution in [1.29, 1.82) is 0 Å². The van der Waals surface area contributed by atoms with Crippen molar-refractivity contribution in [3.63, 3.8) is 0 Å². The van der Waals surface area contributed by atoms with Crippen molar-refractivity contribution < 1.29 is 14.6 Å². The number of benzene rings is 3. The lowest BCUT2D eigenvalue weighted by Crippen LogP contribution is -1.97. The predicted molar refractivity (Wildman–Crippen MR) is 98.6 cm³/mol. The van der Waals surface area contributed by atoms with Crippen LogP contribution in [0, 0.1) is 0 Å². The van der Waals surface area contributed by atoms with Gasteiger partial charge in [0.1, 0.15) is 12.4 Å². The zero-order valence-corrected chi connectivity index (χ0v) is 13.9. The van der Waals surface area contributed by atoms with E-state index in [2.05, 4.69) is 0 Å². The summed E-state index contributed by atoms with van der Waals surface area (Å²) in [6.45, 7) is 0.540. The summed E-state index contributed by atoms with van der Waals surface area (Å²) in [6.07, 6.45) is 0.706. The molecule has 0 saturated heterocycles. The maximum absolute atomic E-state index is 10.6. The Morgan fingerprint density at radius 2 is 1.56 bits per heavy atom. The van der Waals surface area contributed by atoms with Crippen LogP contribution in [0.2, 0.25) is 0 Å². The standard InChI is InChI=1S/C22H20O3/c23-22(24)14-11-17-9-12-19(13-10-17)20-7-4-8-21(15-20)25-16-18-5-2-1-3-6-18/h1-10,12-13,15H,11,14,16H2,(H,23,24). The smallest absolute Gasteiger partial charge is 0.303 e. The van der Waals surface area contributed by atoms with Crippen LogP contribution in [0.15, 0.2) is 78.9 Å². The lowest BCUT2D eigenvalue weighted by molar-refractivity contribution is -0.136. The lowest BCUT2D eigenvalue weighted by Gasteiger charge is -2.09. The molecule has 0 aliphatic carbocycles. The van der Waals surface area contributed by atoms with Crippen LogP contribution in [0.1, 0.15) is 17.5 Å². The molecule has 3 nitrogen and oxygen atoms in total. The minimum absolute atomic E-state index is 0.155. The fraction of sp³-hybridized carbons (Fsp3) is 0.136. The molecule has 0 heterocycles. The van der Waals surface area contributed by atoms with Gasteiger partial charge in [-0.25, -0.2) is 0 Å². The van der Waals surface area contributed by atoms with Crippen LogP contribution in [-0.4, -0.2) is 11.1 Å². The molecule has 1 N–H and O–H groups in total. The number of carboxylic acid groups (broad SMARTS) is 1. The van der Waals surface area contributed by atoms with E-state index in [0.717, 1.165) is 28.0 Å². The van der Waals surface area contributed by atoms with Gasteiger partial charge in [-0.2, -0.15) is 0 Å². The van der Waals surface area contributed by atoms with Crippen LogP contribution in [0.25, 0.3) is 11.1 Å². The van der Waals surface area contributed by atoms with E-state index >= 15 is 0 Å². The molecule has 0 fully saturated rings. The molecule has 3 aromatic carbocycles. The Balaban J connectivity index is 1.67. The van der Waals surface area contributed by atoms with Crippen molar-refractivity contribution in [2.24, 2.45) is 0 Å². The van der Waals surface area contributed by atoms with Gasteiger partial charge < -0.3 is 9.84 Å². The Morgan fingerprint density at radius 3 is 2.28 bits per heavy atom. The average Bonchev–Trinajstić information content (AvgIpc) is 2.66. The summed E-state index contributed by atoms with van der Waals surface area (Å²) in [5, 5.41) is 8.76.